The largest absolute Gasteiger partial charge is 0.375 e. The molecule has 2 aliphatic heterocycles. The van der Waals surface area contributed by atoms with Gasteiger partial charge in [0.1, 0.15) is 5.82 Å². The van der Waals surface area contributed by atoms with Gasteiger partial charge in [-0.25, -0.2) is 19.9 Å². The van der Waals surface area contributed by atoms with Crippen LogP contribution in [0.2, 0.25) is 0 Å². The highest BCUT2D eigenvalue weighted by atomic mass is 127. The molecule has 162 valence electrons. The number of anilines is 2. The van der Waals surface area contributed by atoms with E-state index >= 15 is 0 Å². The van der Waals surface area contributed by atoms with Crippen LogP contribution in [-0.2, 0) is 11.3 Å². The van der Waals surface area contributed by atoms with E-state index < -0.39 is 0 Å². The first-order valence-corrected chi connectivity index (χ1v) is 10.1. The molecule has 2 saturated heterocycles. The second kappa shape index (κ2) is 10.7. The van der Waals surface area contributed by atoms with Crippen LogP contribution in [0.1, 0.15) is 12.5 Å². The van der Waals surface area contributed by atoms with Crippen molar-refractivity contribution in [2.24, 2.45) is 10.7 Å². The number of nitrogens with zero attached hydrogens (tertiary/aromatic N) is 7. The molecule has 9 nitrogen and oxygen atoms in total. The smallest absolute Gasteiger partial charge is 0.225 e. The number of halogens is 1. The average molecular weight is 524 g/mol. The number of guanidine groups is 1. The molecular formula is C20H29IN8O. The van der Waals surface area contributed by atoms with Crippen LogP contribution in [0.4, 0.5) is 11.8 Å². The molecule has 2 aliphatic rings. The summed E-state index contributed by atoms with van der Waals surface area (Å²) in [6.07, 6.45) is 5.66. The number of morpholine rings is 1. The third-order valence-corrected chi connectivity index (χ3v) is 5.24. The highest BCUT2D eigenvalue weighted by Crippen LogP contribution is 2.16. The van der Waals surface area contributed by atoms with E-state index in [-0.39, 0.29) is 30.1 Å². The van der Waals surface area contributed by atoms with Crippen LogP contribution < -0.4 is 15.5 Å². The Hall–Kier alpha value is -2.21. The summed E-state index contributed by atoms with van der Waals surface area (Å²) in [5, 5.41) is 0. The van der Waals surface area contributed by atoms with Gasteiger partial charge in [0.2, 0.25) is 5.95 Å². The number of aliphatic imine (C=N–C) groups is 1. The average Bonchev–Trinajstić information content (AvgIpc) is 2.78. The maximum Gasteiger partial charge on any atom is 0.225 e. The van der Waals surface area contributed by atoms with Gasteiger partial charge in [0.15, 0.2) is 5.96 Å². The monoisotopic (exact) mass is 524 g/mol. The Bertz CT molecular complexity index is 811. The Morgan fingerprint density at radius 1 is 1.10 bits per heavy atom. The Kier molecular flexibility index (Phi) is 8.02. The SMILES string of the molecule is CC1CN(c2ccc(CN=C(N)N3CCN(c4ncccn4)CC3)cn2)CCO1.I. The number of ether oxygens (including phenoxy) is 1. The quantitative estimate of drug-likeness (QED) is 0.364. The topological polar surface area (TPSA) is 96.0 Å². The summed E-state index contributed by atoms with van der Waals surface area (Å²) in [7, 11) is 0. The number of nitrogens with two attached hydrogens (primary N) is 1. The van der Waals surface area contributed by atoms with Crippen LogP contribution in [0.25, 0.3) is 0 Å². The summed E-state index contributed by atoms with van der Waals surface area (Å²) in [6.45, 7) is 8.38. The Morgan fingerprint density at radius 3 is 2.53 bits per heavy atom. The van der Waals surface area contributed by atoms with Crippen molar-refractivity contribution in [3.8, 4) is 0 Å². The Labute approximate surface area is 194 Å². The normalized spacial score (nSPS) is 20.1. The molecule has 0 aliphatic carbocycles. The maximum atomic E-state index is 6.23. The van der Waals surface area contributed by atoms with Gasteiger partial charge >= 0.3 is 0 Å². The van der Waals surface area contributed by atoms with Crippen molar-refractivity contribution in [2.45, 2.75) is 19.6 Å². The molecule has 4 rings (SSSR count). The fourth-order valence-electron chi connectivity index (χ4n) is 3.59. The van der Waals surface area contributed by atoms with E-state index in [4.69, 9.17) is 10.5 Å². The molecule has 1 atom stereocenters. The molecule has 0 amide bonds. The van der Waals surface area contributed by atoms with E-state index in [1.807, 2.05) is 12.3 Å². The molecule has 2 aromatic heterocycles. The second-order valence-corrected chi connectivity index (χ2v) is 7.35. The van der Waals surface area contributed by atoms with Crippen LogP contribution in [-0.4, -0.2) is 77.8 Å². The van der Waals surface area contributed by atoms with E-state index in [0.29, 0.717) is 12.5 Å². The lowest BCUT2D eigenvalue weighted by atomic mass is 10.2. The molecule has 30 heavy (non-hydrogen) atoms. The van der Waals surface area contributed by atoms with Crippen molar-refractivity contribution in [2.75, 3.05) is 55.7 Å². The van der Waals surface area contributed by atoms with Gasteiger partial charge in [0, 0.05) is 57.9 Å². The van der Waals surface area contributed by atoms with Crippen LogP contribution >= 0.6 is 24.0 Å². The predicted octanol–water partition coefficient (Wildman–Crippen LogP) is 1.35. The zero-order valence-electron chi connectivity index (χ0n) is 17.2. The van der Waals surface area contributed by atoms with Crippen molar-refractivity contribution in [1.82, 2.24) is 19.9 Å². The molecule has 2 aromatic rings. The maximum absolute atomic E-state index is 6.23. The minimum atomic E-state index is 0. The third kappa shape index (κ3) is 5.69. The molecule has 2 N–H and O–H groups in total. The summed E-state index contributed by atoms with van der Waals surface area (Å²) in [4.78, 5) is 24.3. The minimum Gasteiger partial charge on any atom is -0.375 e. The molecule has 0 radical (unpaired) electrons. The summed E-state index contributed by atoms with van der Waals surface area (Å²) >= 11 is 0. The van der Waals surface area contributed by atoms with Crippen molar-refractivity contribution in [1.29, 1.82) is 0 Å². The lowest BCUT2D eigenvalue weighted by molar-refractivity contribution is 0.0529. The molecule has 2 fully saturated rings. The zero-order valence-corrected chi connectivity index (χ0v) is 19.6. The third-order valence-electron chi connectivity index (χ3n) is 5.24. The summed E-state index contributed by atoms with van der Waals surface area (Å²) < 4.78 is 5.59. The molecule has 0 aromatic carbocycles. The van der Waals surface area contributed by atoms with Gasteiger partial charge in [-0.1, -0.05) is 6.07 Å². The molecular weight excluding hydrogens is 495 g/mol. The predicted molar refractivity (Wildman–Crippen MR) is 128 cm³/mol. The van der Waals surface area contributed by atoms with Gasteiger partial charge in [0.25, 0.3) is 0 Å². The minimum absolute atomic E-state index is 0. The summed E-state index contributed by atoms with van der Waals surface area (Å²) in [5.41, 5.74) is 7.28. The molecule has 1 unspecified atom stereocenters. The number of aromatic nitrogens is 3. The van der Waals surface area contributed by atoms with E-state index in [2.05, 4.69) is 53.7 Å². The molecule has 4 heterocycles. The van der Waals surface area contributed by atoms with E-state index in [0.717, 1.165) is 63.2 Å². The number of rotatable bonds is 4. The second-order valence-electron chi connectivity index (χ2n) is 7.35. The standard InChI is InChI=1S/C20H28N8O.HI/c1-16-15-28(11-12-29-16)18-4-3-17(13-24-18)14-25-19(21)26-7-9-27(10-8-26)20-22-5-2-6-23-20;/h2-6,13,16H,7-12,14-15H2,1H3,(H2,21,25);1H. The number of piperazine rings is 1. The van der Waals surface area contributed by atoms with Crippen LogP contribution in [0.3, 0.4) is 0 Å². The Balaban J connectivity index is 0.00000256. The first-order chi connectivity index (χ1) is 14.2. The highest BCUT2D eigenvalue weighted by Gasteiger charge is 2.20. The van der Waals surface area contributed by atoms with Gasteiger partial charge in [0.05, 0.1) is 19.3 Å². The lowest BCUT2D eigenvalue weighted by Crippen LogP contribution is -2.51. The van der Waals surface area contributed by atoms with Crippen molar-refractivity contribution < 1.29 is 4.74 Å². The molecule has 0 bridgehead atoms. The van der Waals surface area contributed by atoms with Crippen LogP contribution in [0.5, 0.6) is 0 Å². The van der Waals surface area contributed by atoms with Crippen LogP contribution in [0, 0.1) is 0 Å². The fraction of sp³-hybridized carbons (Fsp3) is 0.500. The van der Waals surface area contributed by atoms with Gasteiger partial charge in [-0.15, -0.1) is 24.0 Å². The first-order valence-electron chi connectivity index (χ1n) is 10.1. The summed E-state index contributed by atoms with van der Waals surface area (Å²) in [6, 6.07) is 5.95. The van der Waals surface area contributed by atoms with E-state index in [1.54, 1.807) is 12.4 Å². The molecule has 0 saturated carbocycles. The van der Waals surface area contributed by atoms with Gasteiger partial charge in [-0.3, -0.25) is 0 Å². The Morgan fingerprint density at radius 2 is 1.87 bits per heavy atom. The van der Waals surface area contributed by atoms with Crippen LogP contribution in [0.15, 0.2) is 41.8 Å². The van der Waals surface area contributed by atoms with Crippen molar-refractivity contribution >= 4 is 41.7 Å². The fourth-order valence-corrected chi connectivity index (χ4v) is 3.59. The van der Waals surface area contributed by atoms with Gasteiger partial charge in [-0.2, -0.15) is 0 Å². The van der Waals surface area contributed by atoms with Gasteiger partial charge < -0.3 is 25.2 Å². The lowest BCUT2D eigenvalue weighted by Gasteiger charge is -2.35. The highest BCUT2D eigenvalue weighted by molar-refractivity contribution is 14.0. The first kappa shape index (κ1) is 22.5. The molecule has 10 heteroatoms. The summed E-state index contributed by atoms with van der Waals surface area (Å²) in [5.74, 6) is 2.33. The number of hydrogen-bond donors (Lipinski definition) is 1. The van der Waals surface area contributed by atoms with E-state index in [9.17, 15) is 0 Å². The van der Waals surface area contributed by atoms with Gasteiger partial charge in [-0.05, 0) is 24.6 Å². The number of pyridine rings is 1. The number of hydrogen-bond acceptors (Lipinski definition) is 7. The van der Waals surface area contributed by atoms with Crippen molar-refractivity contribution in [3.05, 3.63) is 42.4 Å². The van der Waals surface area contributed by atoms with E-state index in [1.165, 1.54) is 0 Å². The zero-order chi connectivity index (χ0) is 20.1. The molecule has 0 spiro atoms. The van der Waals surface area contributed by atoms with Crippen molar-refractivity contribution in [3.63, 3.8) is 0 Å².